The second kappa shape index (κ2) is 9.18. The van der Waals surface area contributed by atoms with Gasteiger partial charge >= 0.3 is 0 Å². The number of benzene rings is 2. The van der Waals surface area contributed by atoms with Crippen LogP contribution in [0.2, 0.25) is 0 Å². The molecule has 4 N–H and O–H groups in total. The summed E-state index contributed by atoms with van der Waals surface area (Å²) in [4.78, 5) is 12.5. The van der Waals surface area contributed by atoms with E-state index >= 15 is 0 Å². The van der Waals surface area contributed by atoms with Gasteiger partial charge in [0.25, 0.3) is 5.91 Å². The van der Waals surface area contributed by atoms with Crippen LogP contribution in [0.15, 0.2) is 53.4 Å². The van der Waals surface area contributed by atoms with Crippen LogP contribution >= 0.6 is 12.4 Å². The quantitative estimate of drug-likeness (QED) is 0.616. The SMILES string of the molecule is Cl.NCCOc1ccc(NC(=O)c2ccc(S(=O)(=O)NC3CC3)cc2)cc1. The summed E-state index contributed by atoms with van der Waals surface area (Å²) in [6.07, 6.45) is 1.74. The van der Waals surface area contributed by atoms with Crippen molar-refractivity contribution < 1.29 is 17.9 Å². The van der Waals surface area contributed by atoms with Gasteiger partial charge in [-0.05, 0) is 61.4 Å². The average Bonchev–Trinajstić information content (AvgIpc) is 3.44. The van der Waals surface area contributed by atoms with Gasteiger partial charge in [0.05, 0.1) is 4.90 Å². The summed E-state index contributed by atoms with van der Waals surface area (Å²) in [5.74, 6) is 0.353. The summed E-state index contributed by atoms with van der Waals surface area (Å²) in [5.41, 5.74) is 6.36. The number of carbonyl (C=O) groups excluding carboxylic acids is 1. The molecule has 0 atom stereocenters. The number of anilines is 1. The van der Waals surface area contributed by atoms with E-state index in [1.165, 1.54) is 24.3 Å². The molecule has 2 aromatic rings. The van der Waals surface area contributed by atoms with Gasteiger partial charge in [-0.3, -0.25) is 4.79 Å². The highest BCUT2D eigenvalue weighted by atomic mass is 35.5. The Kier molecular flexibility index (Phi) is 7.20. The number of sulfonamides is 1. The minimum atomic E-state index is -3.52. The highest BCUT2D eigenvalue weighted by Gasteiger charge is 2.27. The van der Waals surface area contributed by atoms with Crippen molar-refractivity contribution in [3.63, 3.8) is 0 Å². The Morgan fingerprint density at radius 3 is 2.26 bits per heavy atom. The molecule has 0 aromatic heterocycles. The van der Waals surface area contributed by atoms with Crippen LogP contribution in [-0.4, -0.2) is 33.5 Å². The number of ether oxygens (including phenoxy) is 1. The summed E-state index contributed by atoms with van der Waals surface area (Å²) < 4.78 is 32.2. The third-order valence-corrected chi connectivity index (χ3v) is 5.36. The smallest absolute Gasteiger partial charge is 0.255 e. The molecule has 9 heteroatoms. The summed E-state index contributed by atoms with van der Waals surface area (Å²) in [7, 11) is -3.52. The normalized spacial score (nSPS) is 13.5. The van der Waals surface area contributed by atoms with Crippen LogP contribution in [-0.2, 0) is 10.0 Å². The zero-order chi connectivity index (χ0) is 18.6. The van der Waals surface area contributed by atoms with Crippen molar-refractivity contribution in [2.75, 3.05) is 18.5 Å². The van der Waals surface area contributed by atoms with E-state index in [0.29, 0.717) is 30.2 Å². The first kappa shape index (κ1) is 21.2. The molecule has 0 bridgehead atoms. The molecule has 0 saturated heterocycles. The van der Waals surface area contributed by atoms with Crippen LogP contribution in [0.4, 0.5) is 5.69 Å². The van der Waals surface area contributed by atoms with Crippen molar-refractivity contribution >= 4 is 34.0 Å². The Bertz CT molecular complexity index is 866. The fraction of sp³-hybridized carbons (Fsp3) is 0.278. The van der Waals surface area contributed by atoms with Crippen molar-refractivity contribution in [2.45, 2.75) is 23.8 Å². The molecule has 1 aliphatic rings. The molecule has 1 saturated carbocycles. The highest BCUT2D eigenvalue weighted by molar-refractivity contribution is 7.89. The molecule has 1 fully saturated rings. The molecule has 1 aliphatic carbocycles. The van der Waals surface area contributed by atoms with Crippen LogP contribution in [0.3, 0.4) is 0 Å². The van der Waals surface area contributed by atoms with Crippen molar-refractivity contribution in [2.24, 2.45) is 5.73 Å². The van der Waals surface area contributed by atoms with Crippen LogP contribution < -0.4 is 20.5 Å². The first-order valence-electron chi connectivity index (χ1n) is 8.34. The molecular weight excluding hydrogens is 390 g/mol. The third kappa shape index (κ3) is 5.93. The van der Waals surface area contributed by atoms with Gasteiger partial charge in [0.1, 0.15) is 12.4 Å². The Balaban J connectivity index is 0.00000261. The topological polar surface area (TPSA) is 111 Å². The summed E-state index contributed by atoms with van der Waals surface area (Å²) in [6, 6.07) is 12.8. The van der Waals surface area contributed by atoms with Gasteiger partial charge in [0.2, 0.25) is 10.0 Å². The minimum absolute atomic E-state index is 0. The second-order valence-electron chi connectivity index (χ2n) is 6.04. The molecular formula is C18H22ClN3O4S. The van der Waals surface area contributed by atoms with Crippen molar-refractivity contribution in [3.8, 4) is 5.75 Å². The third-order valence-electron chi connectivity index (χ3n) is 3.82. The van der Waals surface area contributed by atoms with E-state index in [2.05, 4.69) is 10.0 Å². The number of nitrogens with one attached hydrogen (secondary N) is 2. The van der Waals surface area contributed by atoms with E-state index in [9.17, 15) is 13.2 Å². The predicted octanol–water partition coefficient (Wildman–Crippen LogP) is 2.14. The lowest BCUT2D eigenvalue weighted by molar-refractivity contribution is 0.102. The Morgan fingerprint density at radius 1 is 1.07 bits per heavy atom. The zero-order valence-electron chi connectivity index (χ0n) is 14.6. The lowest BCUT2D eigenvalue weighted by atomic mass is 10.2. The standard InChI is InChI=1S/C18H21N3O4S.ClH/c19-11-12-25-16-7-5-14(6-8-16)20-18(22)13-1-9-17(10-2-13)26(23,24)21-15-3-4-15;/h1-2,5-10,15,21H,3-4,11-12,19H2,(H,20,22);1H. The fourth-order valence-electron chi connectivity index (χ4n) is 2.29. The minimum Gasteiger partial charge on any atom is -0.492 e. The number of hydrogen-bond donors (Lipinski definition) is 3. The van der Waals surface area contributed by atoms with Gasteiger partial charge in [-0.25, -0.2) is 13.1 Å². The lowest BCUT2D eigenvalue weighted by Gasteiger charge is -2.09. The Labute approximate surface area is 164 Å². The van der Waals surface area contributed by atoms with Crippen molar-refractivity contribution in [3.05, 3.63) is 54.1 Å². The number of rotatable bonds is 8. The van der Waals surface area contributed by atoms with E-state index < -0.39 is 10.0 Å². The largest absolute Gasteiger partial charge is 0.492 e. The molecule has 2 aromatic carbocycles. The number of nitrogens with two attached hydrogens (primary N) is 1. The van der Waals surface area contributed by atoms with Crippen LogP contribution in [0, 0.1) is 0 Å². The molecule has 146 valence electrons. The first-order valence-corrected chi connectivity index (χ1v) is 9.83. The summed E-state index contributed by atoms with van der Waals surface area (Å²) >= 11 is 0. The number of amides is 1. The lowest BCUT2D eigenvalue weighted by Crippen LogP contribution is -2.25. The summed E-state index contributed by atoms with van der Waals surface area (Å²) in [5, 5.41) is 2.76. The second-order valence-corrected chi connectivity index (χ2v) is 7.75. The Morgan fingerprint density at radius 2 is 1.70 bits per heavy atom. The Hall–Kier alpha value is -2.13. The fourth-order valence-corrected chi connectivity index (χ4v) is 3.59. The number of carbonyl (C=O) groups is 1. The maximum atomic E-state index is 12.3. The van der Waals surface area contributed by atoms with E-state index in [-0.39, 0.29) is 29.3 Å². The maximum Gasteiger partial charge on any atom is 0.255 e. The number of halogens is 1. The molecule has 3 rings (SSSR count). The van der Waals surface area contributed by atoms with E-state index in [0.717, 1.165) is 12.8 Å². The average molecular weight is 412 g/mol. The van der Waals surface area contributed by atoms with Gasteiger partial charge in [-0.15, -0.1) is 12.4 Å². The zero-order valence-corrected chi connectivity index (χ0v) is 16.2. The van der Waals surface area contributed by atoms with Crippen LogP contribution in [0.1, 0.15) is 23.2 Å². The van der Waals surface area contributed by atoms with E-state index in [1.807, 2.05) is 0 Å². The van der Waals surface area contributed by atoms with Gasteiger partial charge in [-0.1, -0.05) is 0 Å². The highest BCUT2D eigenvalue weighted by Crippen LogP contribution is 2.22. The monoisotopic (exact) mass is 411 g/mol. The van der Waals surface area contributed by atoms with Crippen molar-refractivity contribution in [1.29, 1.82) is 0 Å². The molecule has 0 heterocycles. The molecule has 27 heavy (non-hydrogen) atoms. The van der Waals surface area contributed by atoms with E-state index in [4.69, 9.17) is 10.5 Å². The van der Waals surface area contributed by atoms with Gasteiger partial charge in [0.15, 0.2) is 0 Å². The van der Waals surface area contributed by atoms with Crippen LogP contribution in [0.25, 0.3) is 0 Å². The first-order chi connectivity index (χ1) is 12.5. The van der Waals surface area contributed by atoms with Crippen LogP contribution in [0.5, 0.6) is 5.75 Å². The molecule has 0 spiro atoms. The molecule has 0 radical (unpaired) electrons. The van der Waals surface area contributed by atoms with Crippen molar-refractivity contribution in [1.82, 2.24) is 4.72 Å². The molecule has 0 aliphatic heterocycles. The molecule has 0 unspecified atom stereocenters. The predicted molar refractivity (Wildman–Crippen MR) is 106 cm³/mol. The molecule has 7 nitrogen and oxygen atoms in total. The number of hydrogen-bond acceptors (Lipinski definition) is 5. The molecule has 1 amide bonds. The van der Waals surface area contributed by atoms with Gasteiger partial charge in [0, 0.05) is 23.8 Å². The van der Waals surface area contributed by atoms with Gasteiger partial charge < -0.3 is 15.8 Å². The van der Waals surface area contributed by atoms with Gasteiger partial charge in [-0.2, -0.15) is 0 Å². The summed E-state index contributed by atoms with van der Waals surface area (Å²) in [6.45, 7) is 0.858. The maximum absolute atomic E-state index is 12.3. The van der Waals surface area contributed by atoms with E-state index in [1.54, 1.807) is 24.3 Å².